The number of hydrogen-bond donors (Lipinski definition) is 2. The number of benzene rings is 1. The summed E-state index contributed by atoms with van der Waals surface area (Å²) >= 11 is 1.23. The van der Waals surface area contributed by atoms with Gasteiger partial charge in [-0.2, -0.15) is 0 Å². The molecule has 0 bridgehead atoms. The van der Waals surface area contributed by atoms with Crippen molar-refractivity contribution in [3.05, 3.63) is 24.3 Å². The maximum atomic E-state index is 11.9. The molecule has 1 aromatic heterocycles. The minimum absolute atomic E-state index is 0.0552. The molecular weight excluding hydrogens is 382 g/mol. The molecule has 1 unspecified atom stereocenters. The van der Waals surface area contributed by atoms with Crippen LogP contribution in [0.3, 0.4) is 0 Å². The highest BCUT2D eigenvalue weighted by Crippen LogP contribution is 2.27. The fraction of sp³-hybridized carbons (Fsp3) is 0.444. The molecule has 3 rings (SSSR count). The smallest absolute Gasteiger partial charge is 0.321 e. The van der Waals surface area contributed by atoms with Crippen molar-refractivity contribution in [2.45, 2.75) is 30.6 Å². The van der Waals surface area contributed by atoms with E-state index < -0.39 is 11.9 Å². The minimum Gasteiger partial charge on any atom is -0.497 e. The summed E-state index contributed by atoms with van der Waals surface area (Å²) in [4.78, 5) is 23.2. The lowest BCUT2D eigenvalue weighted by atomic mass is 10.2. The monoisotopic (exact) mass is 405 g/mol. The zero-order valence-corrected chi connectivity index (χ0v) is 16.6. The Hall–Kier alpha value is -2.59. The maximum Gasteiger partial charge on any atom is 0.321 e. The molecule has 0 spiro atoms. The predicted octanol–water partition coefficient (Wildman–Crippen LogP) is 1.68. The second kappa shape index (κ2) is 9.56. The average molecular weight is 405 g/mol. The normalized spacial score (nSPS) is 16.0. The lowest BCUT2D eigenvalue weighted by Crippen LogP contribution is -2.38. The van der Waals surface area contributed by atoms with Crippen molar-refractivity contribution < 1.29 is 19.1 Å². The van der Waals surface area contributed by atoms with Gasteiger partial charge in [0.2, 0.25) is 5.91 Å². The Labute approximate surface area is 167 Å². The van der Waals surface area contributed by atoms with Crippen molar-refractivity contribution in [1.82, 2.24) is 25.4 Å². The summed E-state index contributed by atoms with van der Waals surface area (Å²) in [5, 5.41) is 13.8. The summed E-state index contributed by atoms with van der Waals surface area (Å²) in [6.45, 7) is 1.36. The Bertz CT molecular complexity index is 818. The van der Waals surface area contributed by atoms with Crippen LogP contribution in [0.2, 0.25) is 0 Å². The quantitative estimate of drug-likeness (QED) is 0.675. The molecule has 2 aromatic rings. The standard InChI is InChI=1S/C18H23N5O4S/c1-19-17(25)20-15(24)11-28-18-22-21-16(12-5-7-13(26-2)8-6-12)23(18)10-14-4-3-9-27-14/h5-8,14H,3-4,9-11H2,1-2H3,(H2,19,20,24,25). The number of methoxy groups -OCH3 is 1. The van der Waals surface area contributed by atoms with Crippen LogP contribution in [0.15, 0.2) is 29.4 Å². The van der Waals surface area contributed by atoms with Gasteiger partial charge in [-0.25, -0.2) is 4.79 Å². The molecule has 1 saturated heterocycles. The summed E-state index contributed by atoms with van der Waals surface area (Å²) in [5.74, 6) is 1.11. The summed E-state index contributed by atoms with van der Waals surface area (Å²) in [6, 6.07) is 7.03. The highest BCUT2D eigenvalue weighted by molar-refractivity contribution is 7.99. The first-order chi connectivity index (χ1) is 13.6. The van der Waals surface area contributed by atoms with Crippen molar-refractivity contribution in [1.29, 1.82) is 0 Å². The number of nitrogens with zero attached hydrogens (tertiary/aromatic N) is 3. The Morgan fingerprint density at radius 3 is 2.75 bits per heavy atom. The molecule has 1 aromatic carbocycles. The Balaban J connectivity index is 1.79. The van der Waals surface area contributed by atoms with E-state index in [1.54, 1.807) is 7.11 Å². The number of imide groups is 1. The number of rotatable bonds is 7. The molecule has 0 saturated carbocycles. The van der Waals surface area contributed by atoms with Gasteiger partial charge in [0.1, 0.15) is 5.75 Å². The van der Waals surface area contributed by atoms with Crippen LogP contribution in [-0.2, 0) is 16.1 Å². The summed E-state index contributed by atoms with van der Waals surface area (Å²) in [6.07, 6.45) is 2.09. The average Bonchev–Trinajstić information content (AvgIpc) is 3.37. The molecule has 0 aliphatic carbocycles. The van der Waals surface area contributed by atoms with E-state index in [4.69, 9.17) is 9.47 Å². The summed E-state index contributed by atoms with van der Waals surface area (Å²) in [5.41, 5.74) is 0.896. The Kier molecular flexibility index (Phi) is 6.88. The first-order valence-electron chi connectivity index (χ1n) is 8.94. The van der Waals surface area contributed by atoms with Crippen molar-refractivity contribution in [3.63, 3.8) is 0 Å². The van der Waals surface area contributed by atoms with Gasteiger partial charge in [-0.15, -0.1) is 10.2 Å². The van der Waals surface area contributed by atoms with Gasteiger partial charge in [-0.1, -0.05) is 11.8 Å². The molecule has 1 atom stereocenters. The number of urea groups is 1. The van der Waals surface area contributed by atoms with E-state index in [2.05, 4.69) is 20.8 Å². The van der Waals surface area contributed by atoms with Crippen LogP contribution in [0, 0.1) is 0 Å². The molecule has 9 nitrogen and oxygen atoms in total. The fourth-order valence-corrected chi connectivity index (χ4v) is 3.61. The van der Waals surface area contributed by atoms with Crippen molar-refractivity contribution in [2.24, 2.45) is 0 Å². The number of ether oxygens (including phenoxy) is 2. The van der Waals surface area contributed by atoms with Crippen molar-refractivity contribution in [2.75, 3.05) is 26.5 Å². The van der Waals surface area contributed by atoms with Gasteiger partial charge in [0.05, 0.1) is 25.5 Å². The lowest BCUT2D eigenvalue weighted by Gasteiger charge is -2.15. The number of hydrogen-bond acceptors (Lipinski definition) is 7. The zero-order valence-electron chi connectivity index (χ0n) is 15.8. The number of thioether (sulfide) groups is 1. The van der Waals surface area contributed by atoms with Gasteiger partial charge >= 0.3 is 6.03 Å². The third-order valence-corrected chi connectivity index (χ3v) is 5.25. The Morgan fingerprint density at radius 2 is 2.11 bits per heavy atom. The fourth-order valence-electron chi connectivity index (χ4n) is 2.86. The molecule has 150 valence electrons. The number of nitrogens with one attached hydrogen (secondary N) is 2. The number of carbonyl (C=O) groups excluding carboxylic acids is 2. The third-order valence-electron chi connectivity index (χ3n) is 4.29. The SMILES string of the molecule is CNC(=O)NC(=O)CSc1nnc(-c2ccc(OC)cc2)n1CC1CCCO1. The second-order valence-electron chi connectivity index (χ2n) is 6.20. The molecule has 1 aliphatic heterocycles. The molecular formula is C18H23N5O4S. The van der Waals surface area contributed by atoms with E-state index in [-0.39, 0.29) is 11.9 Å². The number of amides is 3. The molecule has 10 heteroatoms. The molecule has 28 heavy (non-hydrogen) atoms. The topological polar surface area (TPSA) is 107 Å². The molecule has 2 heterocycles. The third kappa shape index (κ3) is 5.02. The van der Waals surface area contributed by atoms with E-state index in [1.807, 2.05) is 28.8 Å². The van der Waals surface area contributed by atoms with Gasteiger partial charge in [0.15, 0.2) is 11.0 Å². The summed E-state index contributed by atoms with van der Waals surface area (Å²) in [7, 11) is 3.07. The first kappa shape index (κ1) is 20.2. The van der Waals surface area contributed by atoms with E-state index in [0.717, 1.165) is 30.8 Å². The van der Waals surface area contributed by atoms with Gasteiger partial charge in [-0.3, -0.25) is 14.7 Å². The molecule has 1 fully saturated rings. The zero-order chi connectivity index (χ0) is 19.9. The van der Waals surface area contributed by atoms with Crippen LogP contribution in [0.1, 0.15) is 12.8 Å². The van der Waals surface area contributed by atoms with Gasteiger partial charge in [-0.05, 0) is 37.1 Å². The Morgan fingerprint density at radius 1 is 1.32 bits per heavy atom. The van der Waals surface area contributed by atoms with Crippen LogP contribution >= 0.6 is 11.8 Å². The highest BCUT2D eigenvalue weighted by Gasteiger charge is 2.22. The minimum atomic E-state index is -0.537. The van der Waals surface area contributed by atoms with Gasteiger partial charge in [0, 0.05) is 19.2 Å². The highest BCUT2D eigenvalue weighted by atomic mass is 32.2. The summed E-state index contributed by atoms with van der Waals surface area (Å²) < 4.78 is 12.9. The number of carbonyl (C=O) groups is 2. The predicted molar refractivity (Wildman–Crippen MR) is 104 cm³/mol. The second-order valence-corrected chi connectivity index (χ2v) is 7.14. The van der Waals surface area contributed by atoms with E-state index in [0.29, 0.717) is 17.5 Å². The molecule has 2 N–H and O–H groups in total. The van der Waals surface area contributed by atoms with Gasteiger partial charge in [0.25, 0.3) is 0 Å². The molecule has 3 amide bonds. The molecule has 0 radical (unpaired) electrons. The number of aromatic nitrogens is 3. The first-order valence-corrected chi connectivity index (χ1v) is 9.93. The van der Waals surface area contributed by atoms with Crippen LogP contribution in [0.4, 0.5) is 4.79 Å². The van der Waals surface area contributed by atoms with Crippen molar-refractivity contribution >= 4 is 23.7 Å². The largest absolute Gasteiger partial charge is 0.497 e. The van der Waals surface area contributed by atoms with Crippen LogP contribution in [0.25, 0.3) is 11.4 Å². The van der Waals surface area contributed by atoms with E-state index >= 15 is 0 Å². The van der Waals surface area contributed by atoms with Crippen molar-refractivity contribution in [3.8, 4) is 17.1 Å². The van der Waals surface area contributed by atoms with Crippen LogP contribution in [0.5, 0.6) is 5.75 Å². The van der Waals surface area contributed by atoms with Gasteiger partial charge < -0.3 is 14.8 Å². The van der Waals surface area contributed by atoms with E-state index in [1.165, 1.54) is 18.8 Å². The lowest BCUT2D eigenvalue weighted by molar-refractivity contribution is -0.117. The van der Waals surface area contributed by atoms with E-state index in [9.17, 15) is 9.59 Å². The maximum absolute atomic E-state index is 11.9. The van der Waals surface area contributed by atoms with Crippen LogP contribution < -0.4 is 15.4 Å². The van der Waals surface area contributed by atoms with Crippen LogP contribution in [-0.4, -0.2) is 59.3 Å². The molecule has 1 aliphatic rings.